The summed E-state index contributed by atoms with van der Waals surface area (Å²) < 4.78 is 5.29. The molecular formula is C16H21NO4. The Kier molecular flexibility index (Phi) is 4.96. The van der Waals surface area contributed by atoms with E-state index in [1.54, 1.807) is 13.0 Å². The number of hydrogen-bond donors (Lipinski definition) is 2. The van der Waals surface area contributed by atoms with Crippen molar-refractivity contribution in [3.05, 3.63) is 28.8 Å². The standard InChI is InChI=1S/C16H21NO4/c1-10-7-11(2)14(8-13(10)16(19)20)17-15(18)4-3-12-5-6-21-9-12/h7-8,12H,3-6,9H2,1-2H3,(H,17,18)(H,19,20). The van der Waals surface area contributed by atoms with E-state index in [2.05, 4.69) is 5.32 Å². The van der Waals surface area contributed by atoms with E-state index in [0.717, 1.165) is 31.6 Å². The summed E-state index contributed by atoms with van der Waals surface area (Å²) in [5.41, 5.74) is 2.36. The number of benzene rings is 1. The van der Waals surface area contributed by atoms with Crippen LogP contribution < -0.4 is 5.32 Å². The van der Waals surface area contributed by atoms with Gasteiger partial charge in [0.25, 0.3) is 0 Å². The molecule has 1 aromatic carbocycles. The van der Waals surface area contributed by atoms with Crippen LogP contribution in [0.25, 0.3) is 0 Å². The van der Waals surface area contributed by atoms with Crippen molar-refractivity contribution in [3.8, 4) is 0 Å². The second-order valence-corrected chi connectivity index (χ2v) is 5.60. The first kappa shape index (κ1) is 15.5. The summed E-state index contributed by atoms with van der Waals surface area (Å²) in [5, 5.41) is 11.9. The highest BCUT2D eigenvalue weighted by Gasteiger charge is 2.17. The molecule has 1 aliphatic rings. The molecule has 5 heteroatoms. The minimum absolute atomic E-state index is 0.0785. The zero-order chi connectivity index (χ0) is 15.4. The highest BCUT2D eigenvalue weighted by atomic mass is 16.5. The first-order valence-electron chi connectivity index (χ1n) is 7.19. The van der Waals surface area contributed by atoms with Gasteiger partial charge in [-0.25, -0.2) is 4.79 Å². The Morgan fingerprint density at radius 2 is 2.10 bits per heavy atom. The zero-order valence-corrected chi connectivity index (χ0v) is 12.4. The smallest absolute Gasteiger partial charge is 0.336 e. The number of carboxylic acid groups (broad SMARTS) is 1. The number of rotatable bonds is 5. The fourth-order valence-corrected chi connectivity index (χ4v) is 2.58. The minimum Gasteiger partial charge on any atom is -0.478 e. The summed E-state index contributed by atoms with van der Waals surface area (Å²) in [7, 11) is 0. The molecule has 0 saturated carbocycles. The van der Waals surface area contributed by atoms with E-state index in [1.807, 2.05) is 6.92 Å². The van der Waals surface area contributed by atoms with Gasteiger partial charge in [-0.2, -0.15) is 0 Å². The maximum atomic E-state index is 12.0. The van der Waals surface area contributed by atoms with Gasteiger partial charge >= 0.3 is 5.97 Å². The van der Waals surface area contributed by atoms with Crippen molar-refractivity contribution in [2.24, 2.45) is 5.92 Å². The van der Waals surface area contributed by atoms with Crippen LogP contribution in [-0.4, -0.2) is 30.2 Å². The molecule has 0 radical (unpaired) electrons. The average Bonchev–Trinajstić information content (AvgIpc) is 2.92. The zero-order valence-electron chi connectivity index (χ0n) is 12.4. The molecule has 1 amide bonds. The lowest BCUT2D eigenvalue weighted by Crippen LogP contribution is -2.15. The van der Waals surface area contributed by atoms with Crippen LogP contribution in [0.1, 0.15) is 40.7 Å². The number of ether oxygens (including phenoxy) is 1. The lowest BCUT2D eigenvalue weighted by atomic mass is 10.0. The molecule has 0 aromatic heterocycles. The van der Waals surface area contributed by atoms with Gasteiger partial charge in [0.1, 0.15) is 0 Å². The van der Waals surface area contributed by atoms with Crippen molar-refractivity contribution < 1.29 is 19.4 Å². The van der Waals surface area contributed by atoms with E-state index in [-0.39, 0.29) is 11.5 Å². The summed E-state index contributed by atoms with van der Waals surface area (Å²) in [6.45, 7) is 5.13. The molecular weight excluding hydrogens is 270 g/mol. The number of carboxylic acids is 1. The molecule has 114 valence electrons. The van der Waals surface area contributed by atoms with Gasteiger partial charge in [-0.05, 0) is 49.8 Å². The molecule has 2 N–H and O–H groups in total. The lowest BCUT2D eigenvalue weighted by molar-refractivity contribution is -0.116. The molecule has 1 aliphatic heterocycles. The third kappa shape index (κ3) is 4.04. The normalized spacial score (nSPS) is 17.7. The van der Waals surface area contributed by atoms with Crippen molar-refractivity contribution in [1.29, 1.82) is 0 Å². The average molecular weight is 291 g/mol. The molecule has 1 saturated heterocycles. The fourth-order valence-electron chi connectivity index (χ4n) is 2.58. The van der Waals surface area contributed by atoms with Crippen molar-refractivity contribution in [2.45, 2.75) is 33.1 Å². The van der Waals surface area contributed by atoms with Crippen LogP contribution in [0.15, 0.2) is 12.1 Å². The summed E-state index contributed by atoms with van der Waals surface area (Å²) in [5.74, 6) is -0.597. The number of aryl methyl sites for hydroxylation is 2. The van der Waals surface area contributed by atoms with Crippen molar-refractivity contribution >= 4 is 17.6 Å². The maximum Gasteiger partial charge on any atom is 0.336 e. The van der Waals surface area contributed by atoms with E-state index in [1.165, 1.54) is 6.07 Å². The van der Waals surface area contributed by atoms with Gasteiger partial charge in [0.05, 0.1) is 5.56 Å². The van der Waals surface area contributed by atoms with Gasteiger partial charge in [-0.1, -0.05) is 6.07 Å². The SMILES string of the molecule is Cc1cc(C)c(C(=O)O)cc1NC(=O)CCC1CCOC1. The second kappa shape index (κ2) is 6.72. The van der Waals surface area contributed by atoms with Crippen LogP contribution in [0, 0.1) is 19.8 Å². The number of anilines is 1. The Morgan fingerprint density at radius 1 is 1.33 bits per heavy atom. The third-order valence-electron chi connectivity index (χ3n) is 3.88. The van der Waals surface area contributed by atoms with Gasteiger partial charge in [0.15, 0.2) is 0 Å². The van der Waals surface area contributed by atoms with Crippen molar-refractivity contribution in [2.75, 3.05) is 18.5 Å². The summed E-state index contributed by atoms with van der Waals surface area (Å²) in [6.07, 6.45) is 2.26. The Morgan fingerprint density at radius 3 is 2.71 bits per heavy atom. The van der Waals surface area contributed by atoms with E-state index >= 15 is 0 Å². The van der Waals surface area contributed by atoms with E-state index in [0.29, 0.717) is 23.6 Å². The van der Waals surface area contributed by atoms with Gasteiger partial charge in [-0.15, -0.1) is 0 Å². The largest absolute Gasteiger partial charge is 0.478 e. The molecule has 0 spiro atoms. The maximum absolute atomic E-state index is 12.0. The second-order valence-electron chi connectivity index (χ2n) is 5.60. The van der Waals surface area contributed by atoms with Crippen molar-refractivity contribution in [1.82, 2.24) is 0 Å². The highest BCUT2D eigenvalue weighted by molar-refractivity contribution is 5.95. The van der Waals surface area contributed by atoms with E-state index in [4.69, 9.17) is 9.84 Å². The van der Waals surface area contributed by atoms with Crippen molar-refractivity contribution in [3.63, 3.8) is 0 Å². The molecule has 1 fully saturated rings. The summed E-state index contributed by atoms with van der Waals surface area (Å²) in [4.78, 5) is 23.1. The number of hydrogen-bond acceptors (Lipinski definition) is 3. The quantitative estimate of drug-likeness (QED) is 0.874. The van der Waals surface area contributed by atoms with Gasteiger partial charge < -0.3 is 15.2 Å². The molecule has 1 unspecified atom stereocenters. The Labute approximate surface area is 124 Å². The Balaban J connectivity index is 1.99. The van der Waals surface area contributed by atoms with Crippen LogP contribution >= 0.6 is 0 Å². The molecule has 0 bridgehead atoms. The molecule has 21 heavy (non-hydrogen) atoms. The van der Waals surface area contributed by atoms with Gasteiger partial charge in [0.2, 0.25) is 5.91 Å². The number of carbonyl (C=O) groups is 2. The van der Waals surface area contributed by atoms with E-state index < -0.39 is 5.97 Å². The van der Waals surface area contributed by atoms with Crippen LogP contribution in [0.2, 0.25) is 0 Å². The van der Waals surface area contributed by atoms with Crippen LogP contribution in [0.5, 0.6) is 0 Å². The summed E-state index contributed by atoms with van der Waals surface area (Å²) >= 11 is 0. The minimum atomic E-state index is -0.980. The first-order chi connectivity index (χ1) is 9.97. The number of amides is 1. The van der Waals surface area contributed by atoms with Gasteiger partial charge in [-0.3, -0.25) is 4.79 Å². The first-order valence-corrected chi connectivity index (χ1v) is 7.19. The van der Waals surface area contributed by atoms with Gasteiger partial charge in [0, 0.05) is 25.3 Å². The fraction of sp³-hybridized carbons (Fsp3) is 0.500. The predicted molar refractivity (Wildman–Crippen MR) is 79.7 cm³/mol. The third-order valence-corrected chi connectivity index (χ3v) is 3.88. The Hall–Kier alpha value is -1.88. The van der Waals surface area contributed by atoms with Crippen LogP contribution in [0.4, 0.5) is 5.69 Å². The molecule has 0 aliphatic carbocycles. The molecule has 1 heterocycles. The van der Waals surface area contributed by atoms with E-state index in [9.17, 15) is 9.59 Å². The predicted octanol–water partition coefficient (Wildman–Crippen LogP) is 2.76. The Bertz CT molecular complexity index is 547. The highest BCUT2D eigenvalue weighted by Crippen LogP contribution is 2.22. The molecule has 5 nitrogen and oxygen atoms in total. The number of carbonyl (C=O) groups excluding carboxylic acids is 1. The topological polar surface area (TPSA) is 75.6 Å². The lowest BCUT2D eigenvalue weighted by Gasteiger charge is -2.12. The van der Waals surface area contributed by atoms with Crippen LogP contribution in [0.3, 0.4) is 0 Å². The molecule has 1 aromatic rings. The number of nitrogens with one attached hydrogen (secondary N) is 1. The molecule has 2 rings (SSSR count). The number of aromatic carboxylic acids is 1. The monoisotopic (exact) mass is 291 g/mol. The van der Waals surface area contributed by atoms with Crippen LogP contribution in [-0.2, 0) is 9.53 Å². The molecule has 1 atom stereocenters. The summed E-state index contributed by atoms with van der Waals surface area (Å²) in [6, 6.07) is 3.31.